The molecule has 1 aromatic rings. The molecule has 0 saturated carbocycles. The number of nitrogens with one attached hydrogen (secondary N) is 1. The minimum atomic E-state index is 0.497. The lowest BCUT2D eigenvalue weighted by atomic mass is 10.4. The Hall–Kier alpha value is -0.570. The second-order valence-electron chi connectivity index (χ2n) is 3.54. The number of thiazole rings is 1. The van der Waals surface area contributed by atoms with E-state index in [1.165, 1.54) is 29.8 Å². The van der Waals surface area contributed by atoms with E-state index in [9.17, 15) is 0 Å². The average Bonchev–Trinajstić information content (AvgIpc) is 2.43. The van der Waals surface area contributed by atoms with Crippen LogP contribution in [0.25, 0.3) is 0 Å². The van der Waals surface area contributed by atoms with Gasteiger partial charge in [0.05, 0.1) is 5.69 Å². The van der Waals surface area contributed by atoms with Crippen LogP contribution in [0, 0.1) is 0 Å². The first-order valence-corrected chi connectivity index (χ1v) is 5.32. The van der Waals surface area contributed by atoms with Gasteiger partial charge in [-0.25, -0.2) is 4.98 Å². The summed E-state index contributed by atoms with van der Waals surface area (Å²) in [6.07, 6.45) is 3.73. The molecule has 66 valence electrons. The molecular weight excluding hydrogens is 168 g/mol. The summed E-state index contributed by atoms with van der Waals surface area (Å²) in [6, 6.07) is 0.497. The summed E-state index contributed by atoms with van der Waals surface area (Å²) in [7, 11) is 0. The first-order chi connectivity index (χ1) is 5.75. The van der Waals surface area contributed by atoms with Crippen molar-refractivity contribution < 1.29 is 0 Å². The Morgan fingerprint density at radius 1 is 1.42 bits per heavy atom. The van der Waals surface area contributed by atoms with Crippen molar-refractivity contribution in [3.05, 3.63) is 10.6 Å². The lowest BCUT2D eigenvalue weighted by Crippen LogP contribution is -2.09. The molecule has 1 aliphatic carbocycles. The molecule has 0 fully saturated rings. The van der Waals surface area contributed by atoms with E-state index in [1.54, 1.807) is 0 Å². The molecule has 3 heteroatoms. The summed E-state index contributed by atoms with van der Waals surface area (Å²) in [5.41, 5.74) is 1.34. The molecule has 0 aromatic carbocycles. The van der Waals surface area contributed by atoms with Gasteiger partial charge in [-0.1, -0.05) is 0 Å². The number of fused-ring (bicyclic) bond motifs is 1. The van der Waals surface area contributed by atoms with Gasteiger partial charge in [0.15, 0.2) is 5.13 Å². The summed E-state index contributed by atoms with van der Waals surface area (Å²) in [4.78, 5) is 6.04. The number of hydrogen-bond acceptors (Lipinski definition) is 3. The molecular formula is C9H14N2S. The SMILES string of the molecule is CC(C)Nc1nc2c(s1)CCC2. The molecule has 0 atom stereocenters. The zero-order valence-corrected chi connectivity index (χ0v) is 8.37. The molecule has 2 nitrogen and oxygen atoms in total. The molecule has 0 saturated heterocycles. The summed E-state index contributed by atoms with van der Waals surface area (Å²) in [5, 5.41) is 4.45. The van der Waals surface area contributed by atoms with Gasteiger partial charge >= 0.3 is 0 Å². The number of aryl methyl sites for hydroxylation is 2. The monoisotopic (exact) mass is 182 g/mol. The fourth-order valence-electron chi connectivity index (χ4n) is 1.50. The molecule has 0 radical (unpaired) electrons. The van der Waals surface area contributed by atoms with E-state index in [-0.39, 0.29) is 0 Å². The second kappa shape index (κ2) is 3.05. The average molecular weight is 182 g/mol. The Labute approximate surface area is 77.0 Å². The molecule has 2 rings (SSSR count). The smallest absolute Gasteiger partial charge is 0.183 e. The van der Waals surface area contributed by atoms with Gasteiger partial charge in [0.1, 0.15) is 0 Å². The third-order valence-electron chi connectivity index (χ3n) is 2.01. The lowest BCUT2D eigenvalue weighted by molar-refractivity contribution is 0.879. The highest BCUT2D eigenvalue weighted by molar-refractivity contribution is 7.15. The van der Waals surface area contributed by atoms with Crippen LogP contribution in [0.4, 0.5) is 5.13 Å². The van der Waals surface area contributed by atoms with Crippen molar-refractivity contribution in [2.24, 2.45) is 0 Å². The van der Waals surface area contributed by atoms with Crippen LogP contribution in [-0.2, 0) is 12.8 Å². The molecule has 1 heterocycles. The van der Waals surface area contributed by atoms with E-state index in [0.29, 0.717) is 6.04 Å². The van der Waals surface area contributed by atoms with Crippen LogP contribution < -0.4 is 5.32 Å². The highest BCUT2D eigenvalue weighted by Crippen LogP contribution is 2.30. The van der Waals surface area contributed by atoms with Crippen LogP contribution in [0.2, 0.25) is 0 Å². The first kappa shape index (κ1) is 8.05. The Balaban J connectivity index is 2.15. The van der Waals surface area contributed by atoms with Crippen LogP contribution >= 0.6 is 11.3 Å². The van der Waals surface area contributed by atoms with E-state index in [2.05, 4.69) is 24.1 Å². The number of nitrogens with zero attached hydrogens (tertiary/aromatic N) is 1. The Morgan fingerprint density at radius 2 is 2.25 bits per heavy atom. The largest absolute Gasteiger partial charge is 0.359 e. The van der Waals surface area contributed by atoms with E-state index < -0.39 is 0 Å². The maximum absolute atomic E-state index is 4.54. The normalized spacial score (nSPS) is 15.2. The Bertz CT molecular complexity index is 257. The molecule has 0 spiro atoms. The van der Waals surface area contributed by atoms with E-state index in [1.807, 2.05) is 11.3 Å². The van der Waals surface area contributed by atoms with Crippen molar-refractivity contribution >= 4 is 16.5 Å². The Kier molecular flexibility index (Phi) is 2.05. The number of hydrogen-bond donors (Lipinski definition) is 1. The maximum Gasteiger partial charge on any atom is 0.183 e. The quantitative estimate of drug-likeness (QED) is 0.760. The molecule has 1 N–H and O–H groups in total. The highest BCUT2D eigenvalue weighted by atomic mass is 32.1. The van der Waals surface area contributed by atoms with Crippen LogP contribution in [0.3, 0.4) is 0 Å². The van der Waals surface area contributed by atoms with Crippen LogP contribution in [0.5, 0.6) is 0 Å². The van der Waals surface area contributed by atoms with Crippen molar-refractivity contribution in [2.75, 3.05) is 5.32 Å². The van der Waals surface area contributed by atoms with Crippen molar-refractivity contribution in [3.8, 4) is 0 Å². The highest BCUT2D eigenvalue weighted by Gasteiger charge is 2.16. The zero-order valence-electron chi connectivity index (χ0n) is 7.55. The van der Waals surface area contributed by atoms with Gasteiger partial charge in [0, 0.05) is 10.9 Å². The predicted molar refractivity (Wildman–Crippen MR) is 52.9 cm³/mol. The van der Waals surface area contributed by atoms with E-state index in [0.717, 1.165) is 5.13 Å². The van der Waals surface area contributed by atoms with Gasteiger partial charge < -0.3 is 5.32 Å². The molecule has 0 amide bonds. The molecule has 12 heavy (non-hydrogen) atoms. The van der Waals surface area contributed by atoms with E-state index >= 15 is 0 Å². The second-order valence-corrected chi connectivity index (χ2v) is 4.63. The van der Waals surface area contributed by atoms with Gasteiger partial charge in [-0.2, -0.15) is 0 Å². The number of rotatable bonds is 2. The van der Waals surface area contributed by atoms with Gasteiger partial charge in [-0.3, -0.25) is 0 Å². The third kappa shape index (κ3) is 1.46. The van der Waals surface area contributed by atoms with Gasteiger partial charge in [-0.05, 0) is 33.1 Å². The summed E-state index contributed by atoms with van der Waals surface area (Å²) >= 11 is 1.83. The predicted octanol–water partition coefficient (Wildman–Crippen LogP) is 2.45. The molecule has 0 aliphatic heterocycles. The fourth-order valence-corrected chi connectivity index (χ4v) is 2.69. The standard InChI is InChI=1S/C9H14N2S/c1-6(2)10-9-11-7-4-3-5-8(7)12-9/h6H,3-5H2,1-2H3,(H,10,11). The molecule has 1 aliphatic rings. The summed E-state index contributed by atoms with van der Waals surface area (Å²) < 4.78 is 0. The number of aromatic nitrogens is 1. The van der Waals surface area contributed by atoms with Gasteiger partial charge in [0.25, 0.3) is 0 Å². The van der Waals surface area contributed by atoms with Gasteiger partial charge in [-0.15, -0.1) is 11.3 Å². The number of anilines is 1. The minimum absolute atomic E-state index is 0.497. The topological polar surface area (TPSA) is 24.9 Å². The van der Waals surface area contributed by atoms with E-state index in [4.69, 9.17) is 0 Å². The first-order valence-electron chi connectivity index (χ1n) is 4.51. The molecule has 0 bridgehead atoms. The van der Waals surface area contributed by atoms with Crippen molar-refractivity contribution in [1.29, 1.82) is 0 Å². The molecule has 0 unspecified atom stereocenters. The van der Waals surface area contributed by atoms with Crippen LogP contribution in [0.15, 0.2) is 0 Å². The van der Waals surface area contributed by atoms with Gasteiger partial charge in [0.2, 0.25) is 0 Å². The Morgan fingerprint density at radius 3 is 2.92 bits per heavy atom. The minimum Gasteiger partial charge on any atom is -0.359 e. The maximum atomic E-state index is 4.54. The van der Waals surface area contributed by atoms with Crippen LogP contribution in [0.1, 0.15) is 30.8 Å². The lowest BCUT2D eigenvalue weighted by Gasteiger charge is -2.04. The van der Waals surface area contributed by atoms with Crippen molar-refractivity contribution in [1.82, 2.24) is 4.98 Å². The van der Waals surface area contributed by atoms with Crippen LogP contribution in [-0.4, -0.2) is 11.0 Å². The third-order valence-corrected chi connectivity index (χ3v) is 3.10. The zero-order chi connectivity index (χ0) is 8.55. The van der Waals surface area contributed by atoms with Crippen molar-refractivity contribution in [2.45, 2.75) is 39.2 Å². The summed E-state index contributed by atoms with van der Waals surface area (Å²) in [6.45, 7) is 4.29. The summed E-state index contributed by atoms with van der Waals surface area (Å²) in [5.74, 6) is 0. The fraction of sp³-hybridized carbons (Fsp3) is 0.667. The molecule has 1 aromatic heterocycles. The van der Waals surface area contributed by atoms with Crippen molar-refractivity contribution in [3.63, 3.8) is 0 Å².